The second-order valence-electron chi connectivity index (χ2n) is 7.99. The van der Waals surface area contributed by atoms with Crippen molar-refractivity contribution in [1.82, 2.24) is 4.90 Å². The van der Waals surface area contributed by atoms with E-state index >= 15 is 0 Å². The van der Waals surface area contributed by atoms with E-state index in [-0.39, 0.29) is 5.60 Å². The molecule has 1 N–H and O–H groups in total. The van der Waals surface area contributed by atoms with Crippen LogP contribution < -0.4 is 0 Å². The first-order valence-electron chi connectivity index (χ1n) is 7.34. The van der Waals surface area contributed by atoms with Crippen molar-refractivity contribution < 1.29 is 9.84 Å². The van der Waals surface area contributed by atoms with Crippen LogP contribution in [0.3, 0.4) is 0 Å². The summed E-state index contributed by atoms with van der Waals surface area (Å²) in [6.07, 6.45) is 3.89. The summed E-state index contributed by atoms with van der Waals surface area (Å²) in [5.41, 5.74) is 0.705. The van der Waals surface area contributed by atoms with E-state index in [0.29, 0.717) is 17.4 Å². The Morgan fingerprint density at radius 3 is 2.56 bits per heavy atom. The Kier molecular flexibility index (Phi) is 2.82. The van der Waals surface area contributed by atoms with Gasteiger partial charge in [-0.25, -0.2) is 0 Å². The van der Waals surface area contributed by atoms with Crippen molar-refractivity contribution >= 4 is 0 Å². The van der Waals surface area contributed by atoms with Gasteiger partial charge < -0.3 is 14.7 Å². The van der Waals surface area contributed by atoms with E-state index in [1.54, 1.807) is 0 Å². The predicted molar refractivity (Wildman–Crippen MR) is 71.4 cm³/mol. The molecule has 18 heavy (non-hydrogen) atoms. The first-order valence-corrected chi connectivity index (χ1v) is 7.34. The highest BCUT2D eigenvalue weighted by molar-refractivity contribution is 5.11. The van der Waals surface area contributed by atoms with Gasteiger partial charge in [0.15, 0.2) is 0 Å². The number of ether oxygens (including phenoxy) is 1. The third-order valence-electron chi connectivity index (χ3n) is 5.02. The van der Waals surface area contributed by atoms with Crippen molar-refractivity contribution in [3.8, 4) is 0 Å². The third-order valence-corrected chi connectivity index (χ3v) is 5.02. The highest BCUT2D eigenvalue weighted by Crippen LogP contribution is 2.58. The highest BCUT2D eigenvalue weighted by Gasteiger charge is 2.60. The number of nitrogens with zero attached hydrogens (tertiary/aromatic N) is 1. The van der Waals surface area contributed by atoms with Crippen LogP contribution in [0.25, 0.3) is 0 Å². The van der Waals surface area contributed by atoms with Gasteiger partial charge in [0.1, 0.15) is 0 Å². The Labute approximate surface area is 110 Å². The summed E-state index contributed by atoms with van der Waals surface area (Å²) in [6.45, 7) is 11.2. The number of aliphatic hydroxyl groups is 1. The van der Waals surface area contributed by atoms with Gasteiger partial charge in [0.05, 0.1) is 18.8 Å². The number of fused-ring (bicyclic) bond motifs is 1. The van der Waals surface area contributed by atoms with Gasteiger partial charge >= 0.3 is 0 Å². The minimum Gasteiger partial charge on any atom is -0.396 e. The van der Waals surface area contributed by atoms with Crippen LogP contribution in [0.5, 0.6) is 0 Å². The standard InChI is InChI=1S/C15H27NO2/c1-13(2,3)18-11-14(4-5-14)8-16-7-12-6-15(12,9-16)10-17/h12,17H,4-11H2,1-3H3. The van der Waals surface area contributed by atoms with Gasteiger partial charge in [-0.3, -0.25) is 0 Å². The summed E-state index contributed by atoms with van der Waals surface area (Å²) in [5.74, 6) is 0.779. The lowest BCUT2D eigenvalue weighted by Gasteiger charge is -2.28. The van der Waals surface area contributed by atoms with Gasteiger partial charge in [0, 0.05) is 30.5 Å². The van der Waals surface area contributed by atoms with Gasteiger partial charge in [-0.05, 0) is 46.0 Å². The number of rotatable bonds is 5. The van der Waals surface area contributed by atoms with Crippen molar-refractivity contribution in [2.45, 2.75) is 45.6 Å². The Bertz CT molecular complexity index is 328. The first kappa shape index (κ1) is 12.9. The van der Waals surface area contributed by atoms with E-state index in [0.717, 1.165) is 19.1 Å². The van der Waals surface area contributed by atoms with Gasteiger partial charge in [-0.2, -0.15) is 0 Å². The molecule has 2 saturated carbocycles. The van der Waals surface area contributed by atoms with Crippen molar-refractivity contribution in [1.29, 1.82) is 0 Å². The Morgan fingerprint density at radius 2 is 2.06 bits per heavy atom. The quantitative estimate of drug-likeness (QED) is 0.812. The summed E-state index contributed by atoms with van der Waals surface area (Å²) >= 11 is 0. The van der Waals surface area contributed by atoms with Crippen LogP contribution in [-0.2, 0) is 4.74 Å². The molecule has 0 amide bonds. The molecular weight excluding hydrogens is 226 g/mol. The zero-order valence-electron chi connectivity index (χ0n) is 12.0. The minimum absolute atomic E-state index is 0.0188. The lowest BCUT2D eigenvalue weighted by molar-refractivity contribution is -0.0338. The second kappa shape index (κ2) is 3.94. The average Bonchev–Trinajstić information content (AvgIpc) is 3.16. The monoisotopic (exact) mass is 253 g/mol. The highest BCUT2D eigenvalue weighted by atomic mass is 16.5. The predicted octanol–water partition coefficient (Wildman–Crippen LogP) is 1.90. The molecule has 0 aromatic rings. The molecule has 104 valence electrons. The molecule has 0 aromatic heterocycles. The SMILES string of the molecule is CC(C)(C)OCC1(CN2CC3CC3(CO)C2)CC1. The van der Waals surface area contributed by atoms with Gasteiger partial charge in [0.25, 0.3) is 0 Å². The molecule has 1 aliphatic heterocycles. The number of piperidine rings is 1. The summed E-state index contributed by atoms with van der Waals surface area (Å²) in [4.78, 5) is 2.57. The molecule has 3 fully saturated rings. The van der Waals surface area contributed by atoms with Gasteiger partial charge in [-0.1, -0.05) is 0 Å². The zero-order chi connectivity index (χ0) is 13.0. The first-order chi connectivity index (χ1) is 8.37. The molecule has 1 saturated heterocycles. The molecule has 0 spiro atoms. The molecular formula is C15H27NO2. The maximum Gasteiger partial charge on any atom is 0.0598 e. The normalized spacial score (nSPS) is 37.7. The largest absolute Gasteiger partial charge is 0.396 e. The number of likely N-dealkylation sites (tertiary alicyclic amines) is 1. The van der Waals surface area contributed by atoms with E-state index in [4.69, 9.17) is 4.74 Å². The summed E-state index contributed by atoms with van der Waals surface area (Å²) < 4.78 is 5.98. The van der Waals surface area contributed by atoms with Crippen LogP contribution in [0.4, 0.5) is 0 Å². The molecule has 0 aromatic carbocycles. The summed E-state index contributed by atoms with van der Waals surface area (Å²) in [5, 5.41) is 9.46. The molecule has 3 rings (SSSR count). The number of aliphatic hydroxyl groups excluding tert-OH is 1. The molecule has 3 aliphatic rings. The molecule has 1 heterocycles. The molecule has 0 bridgehead atoms. The molecule has 2 aliphatic carbocycles. The molecule has 2 atom stereocenters. The lowest BCUT2D eigenvalue weighted by Crippen LogP contribution is -2.35. The fourth-order valence-corrected chi connectivity index (χ4v) is 3.44. The van der Waals surface area contributed by atoms with Crippen LogP contribution in [-0.4, -0.2) is 48.5 Å². The Balaban J connectivity index is 1.49. The number of hydrogen-bond acceptors (Lipinski definition) is 3. The van der Waals surface area contributed by atoms with Crippen LogP contribution >= 0.6 is 0 Å². The van der Waals surface area contributed by atoms with Crippen molar-refractivity contribution in [2.75, 3.05) is 32.8 Å². The van der Waals surface area contributed by atoms with E-state index in [9.17, 15) is 5.11 Å². The van der Waals surface area contributed by atoms with E-state index in [2.05, 4.69) is 25.7 Å². The van der Waals surface area contributed by atoms with Crippen LogP contribution in [0.15, 0.2) is 0 Å². The molecule has 3 nitrogen and oxygen atoms in total. The van der Waals surface area contributed by atoms with Crippen LogP contribution in [0.2, 0.25) is 0 Å². The van der Waals surface area contributed by atoms with Crippen LogP contribution in [0, 0.1) is 16.7 Å². The van der Waals surface area contributed by atoms with Crippen LogP contribution in [0.1, 0.15) is 40.0 Å². The maximum absolute atomic E-state index is 9.46. The van der Waals surface area contributed by atoms with E-state index in [1.807, 2.05) is 0 Å². The second-order valence-corrected chi connectivity index (χ2v) is 7.99. The van der Waals surface area contributed by atoms with Crippen molar-refractivity contribution in [3.63, 3.8) is 0 Å². The molecule has 2 unspecified atom stereocenters. The lowest BCUT2D eigenvalue weighted by atomic mass is 10.1. The third kappa shape index (κ3) is 2.45. The minimum atomic E-state index is -0.0188. The summed E-state index contributed by atoms with van der Waals surface area (Å²) in [7, 11) is 0. The Morgan fingerprint density at radius 1 is 1.33 bits per heavy atom. The topological polar surface area (TPSA) is 32.7 Å². The van der Waals surface area contributed by atoms with Crippen molar-refractivity contribution in [2.24, 2.45) is 16.7 Å². The Hall–Kier alpha value is -0.120. The fraction of sp³-hybridized carbons (Fsp3) is 1.00. The van der Waals surface area contributed by atoms with Crippen molar-refractivity contribution in [3.05, 3.63) is 0 Å². The van der Waals surface area contributed by atoms with Gasteiger partial charge in [-0.15, -0.1) is 0 Å². The van der Waals surface area contributed by atoms with E-state index in [1.165, 1.54) is 32.4 Å². The molecule has 3 heteroatoms. The zero-order valence-corrected chi connectivity index (χ0v) is 12.0. The smallest absolute Gasteiger partial charge is 0.0598 e. The molecule has 0 radical (unpaired) electrons. The van der Waals surface area contributed by atoms with Gasteiger partial charge in [0.2, 0.25) is 0 Å². The fourth-order valence-electron chi connectivity index (χ4n) is 3.44. The maximum atomic E-state index is 9.46. The van der Waals surface area contributed by atoms with E-state index < -0.39 is 0 Å². The number of hydrogen-bond donors (Lipinski definition) is 1. The summed E-state index contributed by atoms with van der Waals surface area (Å²) in [6, 6.07) is 0. The average molecular weight is 253 g/mol.